The molecule has 2 aromatic rings. The summed E-state index contributed by atoms with van der Waals surface area (Å²) in [5.41, 5.74) is 2.95. The van der Waals surface area contributed by atoms with Gasteiger partial charge in [-0.15, -0.1) is 0 Å². The van der Waals surface area contributed by atoms with E-state index in [9.17, 15) is 4.39 Å². The van der Waals surface area contributed by atoms with Gasteiger partial charge in [-0.2, -0.15) is 0 Å². The Morgan fingerprint density at radius 1 is 1.18 bits per heavy atom. The molecule has 2 aromatic carbocycles. The van der Waals surface area contributed by atoms with Gasteiger partial charge in [0.25, 0.3) is 0 Å². The lowest BCUT2D eigenvalue weighted by molar-refractivity contribution is -0.00130. The van der Waals surface area contributed by atoms with Gasteiger partial charge in [0.05, 0.1) is 12.7 Å². The van der Waals surface area contributed by atoms with Gasteiger partial charge in [0.15, 0.2) is 0 Å². The van der Waals surface area contributed by atoms with E-state index in [0.29, 0.717) is 6.61 Å². The Morgan fingerprint density at radius 3 is 2.77 bits per heavy atom. The second-order valence-electron chi connectivity index (χ2n) is 5.62. The number of morpholine rings is 1. The van der Waals surface area contributed by atoms with Crippen LogP contribution >= 0.6 is 0 Å². The normalized spacial score (nSPS) is 19.0. The van der Waals surface area contributed by atoms with Gasteiger partial charge in [-0.3, -0.25) is 4.90 Å². The van der Waals surface area contributed by atoms with Crippen LogP contribution in [0.4, 0.5) is 4.39 Å². The maximum absolute atomic E-state index is 13.4. The van der Waals surface area contributed by atoms with Crippen LogP contribution in [0.1, 0.15) is 11.1 Å². The molecule has 0 unspecified atom stereocenters. The average Bonchev–Trinajstić information content (AvgIpc) is 2.55. The first-order chi connectivity index (χ1) is 10.7. The molecule has 1 atom stereocenters. The molecule has 2 nitrogen and oxygen atoms in total. The molecular weight excluding hydrogens is 277 g/mol. The maximum Gasteiger partial charge on any atom is 0.123 e. The first-order valence-electron chi connectivity index (χ1n) is 7.55. The fraction of sp³-hybridized carbons (Fsp3) is 0.263. The minimum absolute atomic E-state index is 0.0840. The van der Waals surface area contributed by atoms with Gasteiger partial charge in [-0.1, -0.05) is 49.0 Å². The predicted octanol–water partition coefficient (Wildman–Crippen LogP) is 3.74. The molecule has 3 heteroatoms. The number of rotatable bonds is 4. The van der Waals surface area contributed by atoms with Crippen LogP contribution in [0.3, 0.4) is 0 Å². The molecular formula is C19H20FNO. The molecule has 22 heavy (non-hydrogen) atoms. The van der Waals surface area contributed by atoms with Gasteiger partial charge in [-0.05, 0) is 28.8 Å². The van der Waals surface area contributed by atoms with E-state index in [1.807, 2.05) is 12.1 Å². The molecule has 1 saturated heterocycles. The van der Waals surface area contributed by atoms with Crippen molar-refractivity contribution in [2.24, 2.45) is 0 Å². The third-order valence-electron chi connectivity index (χ3n) is 3.98. The van der Waals surface area contributed by atoms with Crippen molar-refractivity contribution in [2.45, 2.75) is 12.6 Å². The van der Waals surface area contributed by atoms with Crippen LogP contribution in [0.5, 0.6) is 0 Å². The third kappa shape index (κ3) is 3.62. The van der Waals surface area contributed by atoms with Crippen LogP contribution < -0.4 is 0 Å². The van der Waals surface area contributed by atoms with E-state index in [4.69, 9.17) is 4.74 Å². The highest BCUT2D eigenvalue weighted by Crippen LogP contribution is 2.23. The first kappa shape index (κ1) is 14.9. The van der Waals surface area contributed by atoms with Gasteiger partial charge in [0.1, 0.15) is 5.82 Å². The fourth-order valence-corrected chi connectivity index (χ4v) is 2.77. The zero-order chi connectivity index (χ0) is 15.4. The van der Waals surface area contributed by atoms with Crippen molar-refractivity contribution in [1.29, 1.82) is 0 Å². The summed E-state index contributed by atoms with van der Waals surface area (Å²) in [4.78, 5) is 2.36. The van der Waals surface area contributed by atoms with Crippen LogP contribution in [0.25, 0.3) is 5.57 Å². The highest BCUT2D eigenvalue weighted by atomic mass is 19.1. The summed E-state index contributed by atoms with van der Waals surface area (Å²) >= 11 is 0. The zero-order valence-electron chi connectivity index (χ0n) is 12.5. The van der Waals surface area contributed by atoms with E-state index in [-0.39, 0.29) is 11.9 Å². The Labute approximate surface area is 130 Å². The number of nitrogens with zero attached hydrogens (tertiary/aromatic N) is 1. The summed E-state index contributed by atoms with van der Waals surface area (Å²) in [5, 5.41) is 0. The Morgan fingerprint density at radius 2 is 2.00 bits per heavy atom. The first-order valence-corrected chi connectivity index (χ1v) is 7.55. The maximum atomic E-state index is 13.4. The van der Waals surface area contributed by atoms with Crippen molar-refractivity contribution in [1.82, 2.24) is 4.90 Å². The monoisotopic (exact) mass is 297 g/mol. The molecule has 0 N–H and O–H groups in total. The SMILES string of the molecule is C=C(c1cccc(F)c1)[C@H]1CN(Cc2ccccc2)CCO1. The summed E-state index contributed by atoms with van der Waals surface area (Å²) in [7, 11) is 0. The minimum Gasteiger partial charge on any atom is -0.371 e. The van der Waals surface area contributed by atoms with E-state index in [1.165, 1.54) is 17.7 Å². The molecule has 0 spiro atoms. The molecule has 0 aromatic heterocycles. The number of hydrogen-bond acceptors (Lipinski definition) is 2. The van der Waals surface area contributed by atoms with Gasteiger partial charge in [-0.25, -0.2) is 4.39 Å². The van der Waals surface area contributed by atoms with Crippen molar-refractivity contribution >= 4 is 5.57 Å². The zero-order valence-corrected chi connectivity index (χ0v) is 12.5. The molecule has 0 amide bonds. The number of halogens is 1. The Hall–Kier alpha value is -1.97. The van der Waals surface area contributed by atoms with Crippen molar-refractivity contribution in [3.05, 3.63) is 78.1 Å². The molecule has 1 aliphatic rings. The summed E-state index contributed by atoms with van der Waals surface area (Å²) in [6, 6.07) is 16.9. The summed E-state index contributed by atoms with van der Waals surface area (Å²) in [6.07, 6.45) is -0.0840. The van der Waals surface area contributed by atoms with Crippen molar-refractivity contribution < 1.29 is 9.13 Å². The smallest absolute Gasteiger partial charge is 0.123 e. The van der Waals surface area contributed by atoms with E-state index in [1.54, 1.807) is 6.07 Å². The quantitative estimate of drug-likeness (QED) is 0.852. The van der Waals surface area contributed by atoms with Crippen LogP contribution in [0.2, 0.25) is 0 Å². The van der Waals surface area contributed by atoms with Gasteiger partial charge in [0.2, 0.25) is 0 Å². The van der Waals surface area contributed by atoms with E-state index in [2.05, 4.69) is 35.7 Å². The van der Waals surface area contributed by atoms with E-state index >= 15 is 0 Å². The highest BCUT2D eigenvalue weighted by molar-refractivity contribution is 5.67. The molecule has 3 rings (SSSR count). The standard InChI is InChI=1S/C19H20FNO/c1-15(17-8-5-9-18(20)12-17)19-14-21(10-11-22-19)13-16-6-3-2-4-7-16/h2-9,12,19H,1,10-11,13-14H2/t19-/m1/s1. The van der Waals surface area contributed by atoms with Crippen molar-refractivity contribution in [3.63, 3.8) is 0 Å². The van der Waals surface area contributed by atoms with Crippen LogP contribution in [0, 0.1) is 5.82 Å². The fourth-order valence-electron chi connectivity index (χ4n) is 2.77. The number of ether oxygens (including phenoxy) is 1. The molecule has 0 bridgehead atoms. The molecule has 1 heterocycles. The Bertz CT molecular complexity index is 641. The molecule has 114 valence electrons. The van der Waals surface area contributed by atoms with E-state index < -0.39 is 0 Å². The number of benzene rings is 2. The summed E-state index contributed by atoms with van der Waals surface area (Å²) < 4.78 is 19.2. The Balaban J connectivity index is 1.66. The second kappa shape index (κ2) is 6.86. The van der Waals surface area contributed by atoms with Crippen molar-refractivity contribution in [3.8, 4) is 0 Å². The minimum atomic E-state index is -0.240. The summed E-state index contributed by atoms with van der Waals surface area (Å²) in [6.45, 7) is 7.37. The van der Waals surface area contributed by atoms with Crippen LogP contribution in [-0.4, -0.2) is 30.7 Å². The average molecular weight is 297 g/mol. The molecule has 0 aliphatic carbocycles. The third-order valence-corrected chi connectivity index (χ3v) is 3.98. The lowest BCUT2D eigenvalue weighted by atomic mass is 10.0. The molecule has 0 radical (unpaired) electrons. The second-order valence-corrected chi connectivity index (χ2v) is 5.62. The summed E-state index contributed by atoms with van der Waals surface area (Å²) in [5.74, 6) is -0.240. The topological polar surface area (TPSA) is 12.5 Å². The lowest BCUT2D eigenvalue weighted by Crippen LogP contribution is -2.42. The predicted molar refractivity (Wildman–Crippen MR) is 86.9 cm³/mol. The van der Waals surface area contributed by atoms with Crippen molar-refractivity contribution in [2.75, 3.05) is 19.7 Å². The molecule has 1 aliphatic heterocycles. The lowest BCUT2D eigenvalue weighted by Gasteiger charge is -2.34. The van der Waals surface area contributed by atoms with Gasteiger partial charge >= 0.3 is 0 Å². The van der Waals surface area contributed by atoms with Gasteiger partial charge < -0.3 is 4.74 Å². The highest BCUT2D eigenvalue weighted by Gasteiger charge is 2.23. The number of hydrogen-bond donors (Lipinski definition) is 0. The van der Waals surface area contributed by atoms with Crippen LogP contribution in [-0.2, 0) is 11.3 Å². The Kier molecular flexibility index (Phi) is 4.66. The molecule has 1 fully saturated rings. The largest absolute Gasteiger partial charge is 0.371 e. The molecule has 0 saturated carbocycles. The van der Waals surface area contributed by atoms with Gasteiger partial charge in [0, 0.05) is 19.6 Å². The van der Waals surface area contributed by atoms with E-state index in [0.717, 1.165) is 30.8 Å². The van der Waals surface area contributed by atoms with Crippen LogP contribution in [0.15, 0.2) is 61.2 Å².